The first-order valence-electron chi connectivity index (χ1n) is 12.5. The van der Waals surface area contributed by atoms with Gasteiger partial charge in [0.2, 0.25) is 5.91 Å². The Labute approximate surface area is 206 Å². The molecule has 0 unspecified atom stereocenters. The normalized spacial score (nSPS) is 21.9. The number of aromatic nitrogens is 1. The van der Waals surface area contributed by atoms with E-state index in [9.17, 15) is 14.7 Å². The van der Waals surface area contributed by atoms with Gasteiger partial charge in [0.15, 0.2) is 5.96 Å². The van der Waals surface area contributed by atoms with Gasteiger partial charge in [0, 0.05) is 18.8 Å². The lowest BCUT2D eigenvalue weighted by Crippen LogP contribution is -2.52. The number of amides is 2. The first-order valence-corrected chi connectivity index (χ1v) is 12.5. The molecule has 0 bridgehead atoms. The number of hydrogen-bond acceptors (Lipinski definition) is 6. The predicted octanol–water partition coefficient (Wildman–Crippen LogP) is 3.42. The standard InChI is InChI=1S/C27H35N5O3/c1-4-9-21(32-23(34)14-27(5-2,6-3)31-26(32)28)18-12-19(16-29-15-18)25(35)30-24-20-11-8-7-10-17(20)13-22(24)33/h7-8,10-12,15-16,21-22,24,33H,4-6,9,13-14H2,1-3H3,(H2,28,31)(H,30,35)/t21-,22-,24-/m1/s1. The molecule has 2 amide bonds. The number of hydrogen-bond donors (Lipinski definition) is 3. The van der Waals surface area contributed by atoms with Crippen molar-refractivity contribution in [2.24, 2.45) is 10.7 Å². The third-order valence-corrected chi connectivity index (χ3v) is 7.43. The molecular weight excluding hydrogens is 442 g/mol. The van der Waals surface area contributed by atoms with Gasteiger partial charge in [0.1, 0.15) is 0 Å². The maximum atomic E-state index is 13.3. The molecule has 0 fully saturated rings. The van der Waals surface area contributed by atoms with E-state index in [0.717, 1.165) is 36.0 Å². The van der Waals surface area contributed by atoms with Crippen LogP contribution in [0.4, 0.5) is 0 Å². The van der Waals surface area contributed by atoms with Gasteiger partial charge in [0.05, 0.1) is 35.7 Å². The summed E-state index contributed by atoms with van der Waals surface area (Å²) in [6, 6.07) is 8.66. The minimum Gasteiger partial charge on any atom is -0.390 e. The number of aliphatic imine (C=N–C) groups is 1. The molecule has 2 heterocycles. The Hall–Kier alpha value is -3.26. The second-order valence-corrected chi connectivity index (χ2v) is 9.57. The van der Waals surface area contributed by atoms with E-state index in [1.807, 2.05) is 45.0 Å². The van der Waals surface area contributed by atoms with Gasteiger partial charge in [-0.1, -0.05) is 51.5 Å². The maximum absolute atomic E-state index is 13.3. The quantitative estimate of drug-likeness (QED) is 0.538. The summed E-state index contributed by atoms with van der Waals surface area (Å²) in [7, 11) is 0. The van der Waals surface area contributed by atoms with Crippen LogP contribution in [-0.4, -0.2) is 44.4 Å². The van der Waals surface area contributed by atoms with Gasteiger partial charge < -0.3 is 16.2 Å². The van der Waals surface area contributed by atoms with Crippen LogP contribution in [0.3, 0.4) is 0 Å². The van der Waals surface area contributed by atoms with E-state index in [4.69, 9.17) is 10.7 Å². The molecular formula is C27H35N5O3. The Morgan fingerprint density at radius 2 is 2.00 bits per heavy atom. The zero-order chi connectivity index (χ0) is 25.2. The molecule has 1 aromatic heterocycles. The Morgan fingerprint density at radius 1 is 1.26 bits per heavy atom. The van der Waals surface area contributed by atoms with Crippen molar-refractivity contribution in [3.8, 4) is 0 Å². The molecule has 1 aromatic carbocycles. The highest BCUT2D eigenvalue weighted by Crippen LogP contribution is 2.35. The van der Waals surface area contributed by atoms with Crippen LogP contribution in [0.5, 0.6) is 0 Å². The number of aliphatic hydroxyl groups excluding tert-OH is 1. The van der Waals surface area contributed by atoms with Crippen molar-refractivity contribution in [1.82, 2.24) is 15.2 Å². The van der Waals surface area contributed by atoms with Crippen molar-refractivity contribution < 1.29 is 14.7 Å². The van der Waals surface area contributed by atoms with Crippen LogP contribution in [0, 0.1) is 0 Å². The van der Waals surface area contributed by atoms with Crippen LogP contribution in [0.25, 0.3) is 0 Å². The van der Waals surface area contributed by atoms with E-state index in [2.05, 4.69) is 10.3 Å². The lowest BCUT2D eigenvalue weighted by atomic mass is 9.87. The minimum atomic E-state index is -0.681. The van der Waals surface area contributed by atoms with Crippen molar-refractivity contribution >= 4 is 17.8 Å². The van der Waals surface area contributed by atoms with Crippen LogP contribution >= 0.6 is 0 Å². The zero-order valence-electron chi connectivity index (χ0n) is 20.7. The van der Waals surface area contributed by atoms with Crippen molar-refractivity contribution in [1.29, 1.82) is 0 Å². The van der Waals surface area contributed by atoms with Crippen LogP contribution in [0.2, 0.25) is 0 Å². The Morgan fingerprint density at radius 3 is 2.69 bits per heavy atom. The number of nitrogens with one attached hydrogen (secondary N) is 1. The Bertz CT molecular complexity index is 1130. The Kier molecular flexibility index (Phi) is 7.21. The largest absolute Gasteiger partial charge is 0.390 e. The fraction of sp³-hybridized carbons (Fsp3) is 0.481. The van der Waals surface area contributed by atoms with Gasteiger partial charge in [-0.15, -0.1) is 0 Å². The number of pyridine rings is 1. The number of aliphatic hydroxyl groups is 1. The third-order valence-electron chi connectivity index (χ3n) is 7.43. The van der Waals surface area contributed by atoms with Crippen molar-refractivity contribution in [3.63, 3.8) is 0 Å². The fourth-order valence-corrected chi connectivity index (χ4v) is 5.28. The van der Waals surface area contributed by atoms with Crippen molar-refractivity contribution in [2.75, 3.05) is 0 Å². The van der Waals surface area contributed by atoms with Gasteiger partial charge in [0.25, 0.3) is 5.91 Å². The molecule has 3 atom stereocenters. The summed E-state index contributed by atoms with van der Waals surface area (Å²) in [5, 5.41) is 13.5. The van der Waals surface area contributed by atoms with Crippen molar-refractivity contribution in [2.45, 2.75) is 83.0 Å². The molecule has 1 aliphatic carbocycles. The highest BCUT2D eigenvalue weighted by molar-refractivity contribution is 5.99. The summed E-state index contributed by atoms with van der Waals surface area (Å²) in [6.07, 6.45) is 6.29. The molecule has 4 N–H and O–H groups in total. The number of carbonyl (C=O) groups is 2. The molecule has 2 aliphatic rings. The smallest absolute Gasteiger partial charge is 0.253 e. The molecule has 1 aliphatic heterocycles. The minimum absolute atomic E-state index is 0.0554. The zero-order valence-corrected chi connectivity index (χ0v) is 20.7. The first-order chi connectivity index (χ1) is 16.8. The number of nitrogens with zero attached hydrogens (tertiary/aromatic N) is 3. The molecule has 0 saturated carbocycles. The molecule has 2 aromatic rings. The number of benzene rings is 1. The van der Waals surface area contributed by atoms with Gasteiger partial charge in [-0.3, -0.25) is 19.5 Å². The summed E-state index contributed by atoms with van der Waals surface area (Å²) in [4.78, 5) is 37.1. The molecule has 0 spiro atoms. The van der Waals surface area contributed by atoms with Crippen molar-refractivity contribution in [3.05, 3.63) is 65.0 Å². The van der Waals surface area contributed by atoms with E-state index in [0.29, 0.717) is 24.8 Å². The summed E-state index contributed by atoms with van der Waals surface area (Å²) >= 11 is 0. The molecule has 35 heavy (non-hydrogen) atoms. The van der Waals surface area contributed by atoms with Crippen LogP contribution in [-0.2, 0) is 11.2 Å². The van der Waals surface area contributed by atoms with E-state index in [-0.39, 0.29) is 23.8 Å². The number of nitrogens with two attached hydrogens (primary N) is 1. The second-order valence-electron chi connectivity index (χ2n) is 9.57. The van der Waals surface area contributed by atoms with E-state index < -0.39 is 17.7 Å². The monoisotopic (exact) mass is 477 g/mol. The molecule has 0 saturated heterocycles. The van der Waals surface area contributed by atoms with Crippen LogP contribution in [0.15, 0.2) is 47.7 Å². The Balaban J connectivity index is 1.60. The topological polar surface area (TPSA) is 121 Å². The summed E-state index contributed by atoms with van der Waals surface area (Å²) in [6.45, 7) is 6.09. The van der Waals surface area contributed by atoms with Crippen LogP contribution < -0.4 is 11.1 Å². The predicted molar refractivity (Wildman–Crippen MR) is 135 cm³/mol. The summed E-state index contributed by atoms with van der Waals surface area (Å²) in [5.41, 5.74) is 8.98. The highest BCUT2D eigenvalue weighted by atomic mass is 16.3. The molecule has 0 radical (unpaired) electrons. The summed E-state index contributed by atoms with van der Waals surface area (Å²) in [5.74, 6) is -0.151. The molecule has 8 heteroatoms. The summed E-state index contributed by atoms with van der Waals surface area (Å²) < 4.78 is 0. The number of rotatable bonds is 8. The van der Waals surface area contributed by atoms with Gasteiger partial charge >= 0.3 is 0 Å². The lowest BCUT2D eigenvalue weighted by Gasteiger charge is -2.40. The van der Waals surface area contributed by atoms with E-state index in [1.165, 1.54) is 6.20 Å². The number of fused-ring (bicyclic) bond motifs is 1. The average Bonchev–Trinajstić information content (AvgIpc) is 3.17. The fourth-order valence-electron chi connectivity index (χ4n) is 5.28. The molecule has 8 nitrogen and oxygen atoms in total. The number of carbonyl (C=O) groups excluding carboxylic acids is 2. The third kappa shape index (κ3) is 4.80. The first kappa shape index (κ1) is 24.9. The highest BCUT2D eigenvalue weighted by Gasteiger charge is 2.40. The molecule has 186 valence electrons. The maximum Gasteiger partial charge on any atom is 0.253 e. The SMILES string of the molecule is CCC[C@H](c1cncc(C(=O)N[C@@H]2c3ccccc3C[C@H]2O)c1)N1C(=O)CC(CC)(CC)N=C1N. The van der Waals surface area contributed by atoms with E-state index >= 15 is 0 Å². The van der Waals surface area contributed by atoms with Crippen LogP contribution in [0.1, 0.15) is 92.0 Å². The molecule has 4 rings (SSSR count). The van der Waals surface area contributed by atoms with E-state index in [1.54, 1.807) is 17.2 Å². The van der Waals surface area contributed by atoms with Gasteiger partial charge in [-0.2, -0.15) is 0 Å². The van der Waals surface area contributed by atoms with Gasteiger partial charge in [-0.25, -0.2) is 4.99 Å². The van der Waals surface area contributed by atoms with Gasteiger partial charge in [-0.05, 0) is 42.0 Å². The average molecular weight is 478 g/mol. The lowest BCUT2D eigenvalue weighted by molar-refractivity contribution is -0.131. The number of guanidine groups is 1. The second kappa shape index (κ2) is 10.2.